The Labute approximate surface area is 202 Å². The molecule has 0 bridgehead atoms. The summed E-state index contributed by atoms with van der Waals surface area (Å²) in [5.41, 5.74) is 3.09. The quantitative estimate of drug-likeness (QED) is 0.264. The molecule has 0 heterocycles. The Balaban J connectivity index is 1.47. The number of rotatable bonds is 6. The predicted molar refractivity (Wildman–Crippen MR) is 136 cm³/mol. The highest BCUT2D eigenvalue weighted by atomic mass is 35.5. The van der Waals surface area contributed by atoms with Crippen LogP contribution in [0.1, 0.15) is 11.1 Å². The molecular weight excluding hydrogens is 475 g/mol. The van der Waals surface area contributed by atoms with Gasteiger partial charge in [0.15, 0.2) is 0 Å². The topological polar surface area (TPSA) is 58.9 Å². The lowest BCUT2D eigenvalue weighted by atomic mass is 10.2. The molecule has 0 aliphatic rings. The Hall–Kier alpha value is -3.25. The molecule has 0 aromatic heterocycles. The molecule has 0 N–H and O–H groups in total. The van der Waals surface area contributed by atoms with Crippen molar-refractivity contribution in [2.45, 2.75) is 9.79 Å². The van der Waals surface area contributed by atoms with Crippen LogP contribution in [0.2, 0.25) is 10.0 Å². The van der Waals surface area contributed by atoms with Crippen LogP contribution in [0.5, 0.6) is 0 Å². The number of sulfone groups is 1. The summed E-state index contributed by atoms with van der Waals surface area (Å²) in [5.74, 6) is 0. The standard InChI is InChI=1S/C26H18Cl2N2O2S/c27-21-5-1-19(2-6-21)17-29-23-9-13-25(14-10-23)33(31,32)26-15-11-24(12-16-26)30-18-20-3-7-22(28)8-4-20/h1-18H. The zero-order valence-corrected chi connectivity index (χ0v) is 19.6. The second-order valence-corrected chi connectivity index (χ2v) is 9.93. The molecule has 0 aliphatic heterocycles. The molecule has 0 radical (unpaired) electrons. The van der Waals surface area contributed by atoms with Crippen molar-refractivity contribution in [3.05, 3.63) is 118 Å². The van der Waals surface area contributed by atoms with E-state index in [2.05, 4.69) is 9.98 Å². The maximum Gasteiger partial charge on any atom is 0.206 e. The van der Waals surface area contributed by atoms with Crippen molar-refractivity contribution in [2.24, 2.45) is 9.98 Å². The van der Waals surface area contributed by atoms with E-state index in [-0.39, 0.29) is 9.79 Å². The minimum absolute atomic E-state index is 0.199. The van der Waals surface area contributed by atoms with Crippen LogP contribution in [0.15, 0.2) is 117 Å². The van der Waals surface area contributed by atoms with Gasteiger partial charge in [-0.25, -0.2) is 8.42 Å². The van der Waals surface area contributed by atoms with E-state index < -0.39 is 9.84 Å². The highest BCUT2D eigenvalue weighted by Gasteiger charge is 2.17. The Kier molecular flexibility index (Phi) is 7.04. The van der Waals surface area contributed by atoms with Gasteiger partial charge in [0.2, 0.25) is 9.84 Å². The van der Waals surface area contributed by atoms with Gasteiger partial charge < -0.3 is 0 Å². The molecule has 7 heteroatoms. The zero-order chi connectivity index (χ0) is 23.3. The van der Waals surface area contributed by atoms with Crippen molar-refractivity contribution in [1.29, 1.82) is 0 Å². The summed E-state index contributed by atoms with van der Waals surface area (Å²) in [7, 11) is -3.65. The summed E-state index contributed by atoms with van der Waals surface area (Å²) < 4.78 is 26.0. The molecule has 0 fully saturated rings. The Morgan fingerprint density at radius 2 is 0.848 bits per heavy atom. The lowest BCUT2D eigenvalue weighted by Crippen LogP contribution is -2.01. The first kappa shape index (κ1) is 22.9. The van der Waals surface area contributed by atoms with Gasteiger partial charge in [0.1, 0.15) is 0 Å². The first-order valence-electron chi connectivity index (χ1n) is 9.95. The summed E-state index contributed by atoms with van der Waals surface area (Å²) in [5, 5.41) is 1.31. The Morgan fingerprint density at radius 3 is 1.18 bits per heavy atom. The van der Waals surface area contributed by atoms with Gasteiger partial charge in [-0.1, -0.05) is 47.5 Å². The van der Waals surface area contributed by atoms with E-state index in [4.69, 9.17) is 23.2 Å². The molecule has 4 nitrogen and oxygen atoms in total. The van der Waals surface area contributed by atoms with E-state index in [9.17, 15) is 8.42 Å². The zero-order valence-electron chi connectivity index (χ0n) is 17.3. The smallest absolute Gasteiger partial charge is 0.206 e. The number of aliphatic imine (C=N–C) groups is 2. The molecule has 4 aromatic carbocycles. The van der Waals surface area contributed by atoms with E-state index in [1.165, 1.54) is 0 Å². The van der Waals surface area contributed by atoms with Gasteiger partial charge in [0.25, 0.3) is 0 Å². The van der Waals surface area contributed by atoms with Crippen LogP contribution in [-0.4, -0.2) is 20.8 Å². The fourth-order valence-corrected chi connectivity index (χ4v) is 4.47. The predicted octanol–water partition coefficient (Wildman–Crippen LogP) is 7.33. The molecule has 0 aliphatic carbocycles. The normalized spacial score (nSPS) is 11.9. The molecule has 0 saturated carbocycles. The summed E-state index contributed by atoms with van der Waals surface area (Å²) in [6, 6.07) is 27.4. The molecule has 164 valence electrons. The van der Waals surface area contributed by atoms with Crippen molar-refractivity contribution in [3.63, 3.8) is 0 Å². The van der Waals surface area contributed by atoms with E-state index >= 15 is 0 Å². The second-order valence-electron chi connectivity index (χ2n) is 7.11. The van der Waals surface area contributed by atoms with Crippen LogP contribution in [-0.2, 0) is 9.84 Å². The lowest BCUT2D eigenvalue weighted by Gasteiger charge is -2.05. The number of hydrogen-bond acceptors (Lipinski definition) is 4. The second kappa shape index (κ2) is 10.1. The summed E-state index contributed by atoms with van der Waals surface area (Å²) in [4.78, 5) is 9.15. The fraction of sp³-hybridized carbons (Fsp3) is 0. The highest BCUT2D eigenvalue weighted by Crippen LogP contribution is 2.25. The van der Waals surface area contributed by atoms with Gasteiger partial charge in [0.05, 0.1) is 21.2 Å². The van der Waals surface area contributed by atoms with Crippen LogP contribution >= 0.6 is 23.2 Å². The maximum absolute atomic E-state index is 13.0. The number of hydrogen-bond donors (Lipinski definition) is 0. The molecule has 33 heavy (non-hydrogen) atoms. The van der Waals surface area contributed by atoms with Crippen molar-refractivity contribution in [1.82, 2.24) is 0 Å². The molecule has 0 atom stereocenters. The van der Waals surface area contributed by atoms with Crippen molar-refractivity contribution >= 4 is 56.8 Å². The van der Waals surface area contributed by atoms with Crippen LogP contribution in [0.4, 0.5) is 11.4 Å². The first-order valence-corrected chi connectivity index (χ1v) is 12.2. The SMILES string of the molecule is O=S(=O)(c1ccc(N=Cc2ccc(Cl)cc2)cc1)c1ccc(N=Cc2ccc(Cl)cc2)cc1. The number of nitrogens with zero attached hydrogens (tertiary/aromatic N) is 2. The van der Waals surface area contributed by atoms with Gasteiger partial charge in [-0.15, -0.1) is 0 Å². The Bertz CT molecular complexity index is 1290. The lowest BCUT2D eigenvalue weighted by molar-refractivity contribution is 0.596. The third kappa shape index (κ3) is 5.96. The summed E-state index contributed by atoms with van der Waals surface area (Å²) >= 11 is 11.8. The molecule has 4 rings (SSSR count). The van der Waals surface area contributed by atoms with Gasteiger partial charge in [-0.05, 0) is 83.9 Å². The third-order valence-electron chi connectivity index (χ3n) is 4.76. The average Bonchev–Trinajstić information content (AvgIpc) is 2.84. The molecular formula is C26H18Cl2N2O2S. The average molecular weight is 493 g/mol. The molecule has 0 amide bonds. The van der Waals surface area contributed by atoms with E-state index in [0.717, 1.165) is 11.1 Å². The molecule has 0 spiro atoms. The highest BCUT2D eigenvalue weighted by molar-refractivity contribution is 7.91. The van der Waals surface area contributed by atoms with Gasteiger partial charge in [-0.2, -0.15) is 0 Å². The van der Waals surface area contributed by atoms with Crippen LogP contribution < -0.4 is 0 Å². The third-order valence-corrected chi connectivity index (χ3v) is 7.05. The first-order chi connectivity index (χ1) is 15.9. The number of halogens is 2. The van der Waals surface area contributed by atoms with Crippen molar-refractivity contribution in [3.8, 4) is 0 Å². The minimum atomic E-state index is -3.65. The van der Waals surface area contributed by atoms with E-state index in [0.29, 0.717) is 21.4 Å². The molecule has 0 unspecified atom stereocenters. The largest absolute Gasteiger partial charge is 0.256 e. The fourth-order valence-electron chi connectivity index (χ4n) is 2.95. The van der Waals surface area contributed by atoms with Crippen LogP contribution in [0, 0.1) is 0 Å². The number of benzene rings is 4. The van der Waals surface area contributed by atoms with Gasteiger partial charge >= 0.3 is 0 Å². The van der Waals surface area contributed by atoms with Gasteiger partial charge in [-0.3, -0.25) is 9.98 Å². The van der Waals surface area contributed by atoms with E-state index in [1.807, 2.05) is 24.3 Å². The van der Waals surface area contributed by atoms with Crippen molar-refractivity contribution < 1.29 is 8.42 Å². The minimum Gasteiger partial charge on any atom is -0.256 e. The van der Waals surface area contributed by atoms with Crippen LogP contribution in [0.3, 0.4) is 0 Å². The van der Waals surface area contributed by atoms with Gasteiger partial charge in [0, 0.05) is 22.5 Å². The summed E-state index contributed by atoms with van der Waals surface area (Å²) in [6.07, 6.45) is 3.40. The Morgan fingerprint density at radius 1 is 0.515 bits per heavy atom. The van der Waals surface area contributed by atoms with E-state index in [1.54, 1.807) is 85.2 Å². The van der Waals surface area contributed by atoms with Crippen molar-refractivity contribution in [2.75, 3.05) is 0 Å². The molecule has 4 aromatic rings. The maximum atomic E-state index is 13.0. The monoisotopic (exact) mass is 492 g/mol. The van der Waals surface area contributed by atoms with Crippen LogP contribution in [0.25, 0.3) is 0 Å². The molecule has 0 saturated heterocycles. The summed E-state index contributed by atoms with van der Waals surface area (Å²) in [6.45, 7) is 0.